The molecule has 21 heavy (non-hydrogen) atoms. The SMILES string of the molecule is CCN(CC)C(=O)[Se]/C=C(\COC)[Se]C(=O)N(CC)CC. The summed E-state index contributed by atoms with van der Waals surface area (Å²) in [5.41, 5.74) is 0. The second kappa shape index (κ2) is 12.2. The van der Waals surface area contributed by atoms with Gasteiger partial charge in [-0.25, -0.2) is 0 Å². The van der Waals surface area contributed by atoms with Crippen LogP contribution < -0.4 is 0 Å². The van der Waals surface area contributed by atoms with Crippen molar-refractivity contribution in [3.63, 3.8) is 0 Å². The molecule has 0 aromatic heterocycles. The van der Waals surface area contributed by atoms with Gasteiger partial charge >= 0.3 is 141 Å². The molecule has 0 saturated carbocycles. The van der Waals surface area contributed by atoms with Crippen LogP contribution in [-0.4, -0.2) is 89.2 Å². The molecule has 0 aliphatic rings. The van der Waals surface area contributed by atoms with Crippen LogP contribution in [0.4, 0.5) is 9.59 Å². The van der Waals surface area contributed by atoms with E-state index in [1.165, 1.54) is 0 Å². The predicted molar refractivity (Wildman–Crippen MR) is 88.1 cm³/mol. The number of ether oxygens (including phenoxy) is 1. The zero-order valence-corrected chi connectivity index (χ0v) is 17.0. The van der Waals surface area contributed by atoms with E-state index in [2.05, 4.69) is 0 Å². The molecule has 0 aromatic rings. The molecular formula is C14H26N2O3Se2. The van der Waals surface area contributed by atoms with E-state index in [0.29, 0.717) is 6.61 Å². The van der Waals surface area contributed by atoms with Crippen LogP contribution in [0.5, 0.6) is 0 Å². The molecule has 0 radical (unpaired) electrons. The summed E-state index contributed by atoms with van der Waals surface area (Å²) in [4.78, 5) is 30.1. The van der Waals surface area contributed by atoms with Gasteiger partial charge in [-0.05, 0) is 0 Å². The molecule has 7 heteroatoms. The third kappa shape index (κ3) is 8.03. The van der Waals surface area contributed by atoms with Crippen LogP contribution in [0.25, 0.3) is 0 Å². The van der Waals surface area contributed by atoms with Crippen molar-refractivity contribution in [3.8, 4) is 0 Å². The van der Waals surface area contributed by atoms with Gasteiger partial charge in [-0.3, -0.25) is 0 Å². The standard InChI is InChI=1S/C14H26N2O3Se2/c1-6-15(7-2)13(17)20-11-12(10-19-5)21-14(18)16(8-3)9-4/h11H,6-10H2,1-5H3/b12-11+. The van der Waals surface area contributed by atoms with E-state index in [9.17, 15) is 9.59 Å². The van der Waals surface area contributed by atoms with E-state index in [0.717, 1.165) is 30.7 Å². The quantitative estimate of drug-likeness (QED) is 0.499. The third-order valence-electron chi connectivity index (χ3n) is 2.84. The van der Waals surface area contributed by atoms with Crippen molar-refractivity contribution in [3.05, 3.63) is 9.45 Å². The van der Waals surface area contributed by atoms with Gasteiger partial charge in [0, 0.05) is 0 Å². The zero-order chi connectivity index (χ0) is 16.3. The molecule has 0 rings (SSSR count). The van der Waals surface area contributed by atoms with Crippen LogP contribution in [0.3, 0.4) is 0 Å². The molecule has 0 aliphatic carbocycles. The summed E-state index contributed by atoms with van der Waals surface area (Å²) in [7, 11) is 1.62. The molecule has 0 N–H and O–H groups in total. The van der Waals surface area contributed by atoms with Crippen molar-refractivity contribution in [2.24, 2.45) is 0 Å². The van der Waals surface area contributed by atoms with E-state index < -0.39 is 0 Å². The van der Waals surface area contributed by atoms with Gasteiger partial charge in [0.05, 0.1) is 0 Å². The van der Waals surface area contributed by atoms with Crippen LogP contribution in [0, 0.1) is 0 Å². The van der Waals surface area contributed by atoms with Crippen LogP contribution >= 0.6 is 0 Å². The van der Waals surface area contributed by atoms with Crippen molar-refractivity contribution in [2.75, 3.05) is 39.9 Å². The molecule has 0 atom stereocenters. The van der Waals surface area contributed by atoms with E-state index in [-0.39, 0.29) is 39.5 Å². The second-order valence-electron chi connectivity index (χ2n) is 4.11. The van der Waals surface area contributed by atoms with Gasteiger partial charge in [-0.1, -0.05) is 0 Å². The monoisotopic (exact) mass is 430 g/mol. The third-order valence-corrected chi connectivity index (χ3v) is 7.36. The van der Waals surface area contributed by atoms with Crippen LogP contribution in [0.2, 0.25) is 0 Å². The second-order valence-corrected chi connectivity index (χ2v) is 8.10. The fourth-order valence-electron chi connectivity index (χ4n) is 1.56. The number of hydrogen-bond donors (Lipinski definition) is 0. The Hall–Kier alpha value is -0.321. The molecular weight excluding hydrogens is 402 g/mol. The molecule has 0 heterocycles. The van der Waals surface area contributed by atoms with Crippen molar-refractivity contribution in [2.45, 2.75) is 27.7 Å². The van der Waals surface area contributed by atoms with Gasteiger partial charge < -0.3 is 0 Å². The maximum absolute atomic E-state index is 12.2. The summed E-state index contributed by atoms with van der Waals surface area (Å²) in [5.74, 6) is 0. The Morgan fingerprint density at radius 3 is 1.86 bits per heavy atom. The molecule has 0 saturated heterocycles. The Labute approximate surface area is 140 Å². The van der Waals surface area contributed by atoms with Gasteiger partial charge in [0.2, 0.25) is 0 Å². The van der Waals surface area contributed by atoms with E-state index >= 15 is 0 Å². The number of carbonyl (C=O) groups excluding carboxylic acids is 2. The number of rotatable bonds is 10. The first kappa shape index (κ1) is 20.7. The first-order valence-corrected chi connectivity index (χ1v) is 10.7. The first-order chi connectivity index (χ1) is 10.0. The van der Waals surface area contributed by atoms with Gasteiger partial charge in [0.1, 0.15) is 0 Å². The Morgan fingerprint density at radius 1 is 0.952 bits per heavy atom. The average Bonchev–Trinajstić information content (AvgIpc) is 2.47. The number of carbonyl (C=O) groups is 2. The maximum atomic E-state index is 12.2. The topological polar surface area (TPSA) is 49.9 Å². The first-order valence-electron chi connectivity index (χ1n) is 7.14. The Balaban J connectivity index is 4.70. The van der Waals surface area contributed by atoms with Crippen LogP contribution in [-0.2, 0) is 4.74 Å². The van der Waals surface area contributed by atoms with E-state index in [4.69, 9.17) is 4.74 Å². The minimum absolute atomic E-state index is 0.155. The van der Waals surface area contributed by atoms with E-state index in [1.807, 2.05) is 42.5 Å². The van der Waals surface area contributed by atoms with Gasteiger partial charge in [-0.2, -0.15) is 0 Å². The molecule has 5 nitrogen and oxygen atoms in total. The minimum atomic E-state index is -0.284. The molecule has 2 amide bonds. The number of nitrogens with zero attached hydrogens (tertiary/aromatic N) is 2. The predicted octanol–water partition coefficient (Wildman–Crippen LogP) is 1.81. The molecule has 0 spiro atoms. The van der Waals surface area contributed by atoms with Gasteiger partial charge in [-0.15, -0.1) is 0 Å². The summed E-state index contributed by atoms with van der Waals surface area (Å²) in [6.07, 6.45) is 0. The number of methoxy groups -OCH3 is 1. The zero-order valence-electron chi connectivity index (χ0n) is 13.5. The van der Waals surface area contributed by atoms with Crippen LogP contribution in [0.1, 0.15) is 27.7 Å². The molecule has 0 aromatic carbocycles. The van der Waals surface area contributed by atoms with Crippen molar-refractivity contribution in [1.82, 2.24) is 9.80 Å². The molecule has 0 fully saturated rings. The van der Waals surface area contributed by atoms with Gasteiger partial charge in [0.15, 0.2) is 0 Å². The number of hydrogen-bond acceptors (Lipinski definition) is 3. The summed E-state index contributed by atoms with van der Waals surface area (Å²) in [5, 5.41) is 0. The Morgan fingerprint density at radius 2 is 1.43 bits per heavy atom. The summed E-state index contributed by atoms with van der Waals surface area (Å²) < 4.78 is 6.12. The van der Waals surface area contributed by atoms with Crippen LogP contribution in [0.15, 0.2) is 9.45 Å². The van der Waals surface area contributed by atoms with E-state index in [1.54, 1.807) is 7.11 Å². The van der Waals surface area contributed by atoms with Gasteiger partial charge in [0.25, 0.3) is 0 Å². The summed E-state index contributed by atoms with van der Waals surface area (Å²) >= 11 is -0.543. The fourth-order valence-corrected chi connectivity index (χ4v) is 5.85. The fraction of sp³-hybridized carbons (Fsp3) is 0.714. The molecule has 0 bridgehead atoms. The van der Waals surface area contributed by atoms with Crippen molar-refractivity contribution < 1.29 is 14.3 Å². The van der Waals surface area contributed by atoms with Crippen molar-refractivity contribution >= 4 is 39.5 Å². The molecule has 0 unspecified atom stereocenters. The average molecular weight is 428 g/mol. The molecule has 0 aliphatic heterocycles. The summed E-state index contributed by atoms with van der Waals surface area (Å²) in [6, 6.07) is 0. The Kier molecular flexibility index (Phi) is 12.1. The molecule has 122 valence electrons. The van der Waals surface area contributed by atoms with Crippen molar-refractivity contribution in [1.29, 1.82) is 0 Å². The summed E-state index contributed by atoms with van der Waals surface area (Å²) in [6.45, 7) is 11.2. The number of amides is 2. The Bertz CT molecular complexity index is 354. The normalized spacial score (nSPS) is 11.4.